The third kappa shape index (κ3) is 2.64. The summed E-state index contributed by atoms with van der Waals surface area (Å²) in [6.45, 7) is 1.45. The molecule has 2 saturated carbocycles. The molecule has 3 fully saturated rings. The highest BCUT2D eigenvalue weighted by Crippen LogP contribution is 2.78. The fourth-order valence-corrected chi connectivity index (χ4v) is 5.21. The summed E-state index contributed by atoms with van der Waals surface area (Å²) in [5, 5.41) is 19.0. The Kier molecular flexibility index (Phi) is 3.86. The van der Waals surface area contributed by atoms with Gasteiger partial charge in [-0.3, -0.25) is 0 Å². The van der Waals surface area contributed by atoms with Crippen LogP contribution in [-0.2, 0) is 10.2 Å². The van der Waals surface area contributed by atoms with Crippen LogP contribution in [-0.4, -0.2) is 33.0 Å². The number of nitriles is 1. The molecule has 2 aromatic heterocycles. The Labute approximate surface area is 179 Å². The van der Waals surface area contributed by atoms with Crippen LogP contribution in [0.4, 0.5) is 11.6 Å². The van der Waals surface area contributed by atoms with Gasteiger partial charge < -0.3 is 10.1 Å². The lowest BCUT2D eigenvalue weighted by Gasteiger charge is -2.23. The first-order valence-electron chi connectivity index (χ1n) is 10.4. The summed E-state index contributed by atoms with van der Waals surface area (Å²) in [5.74, 6) is 0.469. The quantitative estimate of drug-likeness (QED) is 0.667. The summed E-state index contributed by atoms with van der Waals surface area (Å²) in [5.41, 5.74) is 2.50. The van der Waals surface area contributed by atoms with Gasteiger partial charge in [0.25, 0.3) is 0 Å². The zero-order valence-electron chi connectivity index (χ0n) is 16.4. The minimum Gasteiger partial charge on any atom is -0.381 e. The maximum Gasteiger partial charge on any atom is 0.227 e. The van der Waals surface area contributed by atoms with Crippen molar-refractivity contribution in [2.24, 2.45) is 5.41 Å². The highest BCUT2D eigenvalue weighted by atomic mass is 35.5. The monoisotopic (exact) mass is 420 g/mol. The maximum absolute atomic E-state index is 9.82. The van der Waals surface area contributed by atoms with Crippen molar-refractivity contribution in [2.75, 3.05) is 18.5 Å². The zero-order valence-corrected chi connectivity index (χ0v) is 17.2. The van der Waals surface area contributed by atoms with Crippen molar-refractivity contribution in [3.8, 4) is 6.07 Å². The van der Waals surface area contributed by atoms with Crippen molar-refractivity contribution in [2.45, 2.75) is 43.6 Å². The molecule has 1 aliphatic heterocycles. The van der Waals surface area contributed by atoms with Crippen LogP contribution in [0.2, 0.25) is 5.15 Å². The van der Waals surface area contributed by atoms with E-state index in [1.165, 1.54) is 0 Å². The number of nitrogens with zero attached hydrogens (tertiary/aromatic N) is 5. The van der Waals surface area contributed by atoms with Gasteiger partial charge in [0.05, 0.1) is 34.9 Å². The first-order chi connectivity index (χ1) is 14.6. The summed E-state index contributed by atoms with van der Waals surface area (Å²) in [6, 6.07) is 8.95. The van der Waals surface area contributed by atoms with Crippen molar-refractivity contribution in [1.82, 2.24) is 19.7 Å². The number of benzene rings is 1. The lowest BCUT2D eigenvalue weighted by atomic mass is 9.93. The molecule has 152 valence electrons. The molecule has 2 aliphatic carbocycles. The molecule has 3 aromatic rings. The molecular formula is C22H21ClN6O. The smallest absolute Gasteiger partial charge is 0.227 e. The van der Waals surface area contributed by atoms with Crippen LogP contribution in [0.15, 0.2) is 30.6 Å². The minimum atomic E-state index is -0.326. The topological polar surface area (TPSA) is 88.7 Å². The Morgan fingerprint density at radius 3 is 2.80 bits per heavy atom. The lowest BCUT2D eigenvalue weighted by molar-refractivity contribution is 0.0663. The van der Waals surface area contributed by atoms with Crippen LogP contribution >= 0.6 is 11.6 Å². The van der Waals surface area contributed by atoms with E-state index in [1.54, 1.807) is 12.4 Å². The molecular weight excluding hydrogens is 400 g/mol. The predicted molar refractivity (Wildman–Crippen MR) is 113 cm³/mol. The Hall–Kier alpha value is -2.69. The number of halogens is 1. The summed E-state index contributed by atoms with van der Waals surface area (Å²) in [4.78, 5) is 9.12. The molecule has 0 radical (unpaired) electrons. The molecule has 1 aromatic carbocycles. The number of rotatable bonds is 4. The first kappa shape index (κ1) is 18.1. The van der Waals surface area contributed by atoms with Gasteiger partial charge in [0, 0.05) is 24.8 Å². The number of nitrogens with one attached hydrogen (secondary N) is 1. The predicted octanol–water partition coefficient (Wildman–Crippen LogP) is 4.52. The third-order valence-corrected chi connectivity index (χ3v) is 7.40. The summed E-state index contributed by atoms with van der Waals surface area (Å²) < 4.78 is 7.28. The fourth-order valence-electron chi connectivity index (χ4n) is 4.93. The fraction of sp³-hybridized carbons (Fsp3) is 0.455. The van der Waals surface area contributed by atoms with E-state index in [0.717, 1.165) is 61.8 Å². The molecule has 1 spiro atoms. The molecule has 1 atom stereocenters. The van der Waals surface area contributed by atoms with Crippen molar-refractivity contribution in [3.05, 3.63) is 41.3 Å². The van der Waals surface area contributed by atoms with Crippen molar-refractivity contribution in [3.63, 3.8) is 0 Å². The van der Waals surface area contributed by atoms with Gasteiger partial charge in [0.2, 0.25) is 5.95 Å². The van der Waals surface area contributed by atoms with Gasteiger partial charge in [-0.25, -0.2) is 14.6 Å². The number of anilines is 2. The van der Waals surface area contributed by atoms with Crippen LogP contribution < -0.4 is 5.32 Å². The van der Waals surface area contributed by atoms with Gasteiger partial charge in [0.1, 0.15) is 0 Å². The molecule has 1 saturated heterocycles. The Morgan fingerprint density at radius 1 is 1.23 bits per heavy atom. The molecule has 1 N–H and O–H groups in total. The van der Waals surface area contributed by atoms with Gasteiger partial charge in [-0.05, 0) is 49.1 Å². The number of ether oxygens (including phenoxy) is 1. The second-order valence-corrected chi connectivity index (χ2v) is 9.06. The molecule has 3 aliphatic rings. The SMILES string of the molecule is N#CC1(c2ccc3cnc(Nc4cnn(C5CCOCC5)c4Cl)nc3c2)CC12CC2. The largest absolute Gasteiger partial charge is 0.381 e. The van der Waals surface area contributed by atoms with Gasteiger partial charge in [-0.1, -0.05) is 23.7 Å². The first-order valence-corrected chi connectivity index (χ1v) is 10.8. The Balaban J connectivity index is 1.29. The van der Waals surface area contributed by atoms with E-state index in [0.29, 0.717) is 16.8 Å². The highest BCUT2D eigenvalue weighted by molar-refractivity contribution is 6.32. The van der Waals surface area contributed by atoms with Crippen LogP contribution in [0, 0.1) is 16.7 Å². The molecule has 30 heavy (non-hydrogen) atoms. The normalized spacial score (nSPS) is 24.7. The van der Waals surface area contributed by atoms with Crippen molar-refractivity contribution < 1.29 is 4.74 Å². The molecule has 3 heterocycles. The number of hydrogen-bond donors (Lipinski definition) is 1. The van der Waals surface area contributed by atoms with Crippen molar-refractivity contribution in [1.29, 1.82) is 5.26 Å². The summed E-state index contributed by atoms with van der Waals surface area (Å²) >= 11 is 6.58. The van der Waals surface area contributed by atoms with E-state index in [2.05, 4.69) is 27.5 Å². The van der Waals surface area contributed by atoms with Gasteiger partial charge in [0.15, 0.2) is 5.15 Å². The Bertz CT molecular complexity index is 1190. The second-order valence-electron chi connectivity index (χ2n) is 8.70. The van der Waals surface area contributed by atoms with Gasteiger partial charge in [-0.2, -0.15) is 10.4 Å². The summed E-state index contributed by atoms with van der Waals surface area (Å²) in [6.07, 6.45) is 8.60. The van der Waals surface area contributed by atoms with Crippen molar-refractivity contribution >= 4 is 34.1 Å². The molecule has 6 rings (SSSR count). The number of fused-ring (bicyclic) bond motifs is 1. The van der Waals surface area contributed by atoms with E-state index in [1.807, 2.05) is 16.8 Å². The second kappa shape index (κ2) is 6.40. The standard InChI is InChI=1S/C22H21ClN6O/c23-19-18(11-26-29(19)16-3-7-30-8-4-16)28-20-25-10-14-1-2-15(9-17(14)27-20)22(13-24)12-21(22)5-6-21/h1-2,9-11,16H,3-8,12H2,(H,25,27,28). The molecule has 8 heteroatoms. The average molecular weight is 421 g/mol. The van der Waals surface area contributed by atoms with Gasteiger partial charge >= 0.3 is 0 Å². The van der Waals surface area contributed by atoms with Crippen LogP contribution in [0.1, 0.15) is 43.7 Å². The molecule has 0 bridgehead atoms. The average Bonchev–Trinajstić information content (AvgIpc) is 3.67. The van der Waals surface area contributed by atoms with Crippen LogP contribution in [0.3, 0.4) is 0 Å². The van der Waals surface area contributed by atoms with E-state index >= 15 is 0 Å². The third-order valence-electron chi connectivity index (χ3n) is 7.02. The van der Waals surface area contributed by atoms with E-state index in [4.69, 9.17) is 21.3 Å². The van der Waals surface area contributed by atoms with E-state index in [9.17, 15) is 5.26 Å². The van der Waals surface area contributed by atoms with Gasteiger partial charge in [-0.15, -0.1) is 0 Å². The number of hydrogen-bond acceptors (Lipinski definition) is 6. The lowest BCUT2D eigenvalue weighted by Crippen LogP contribution is -2.20. The summed E-state index contributed by atoms with van der Waals surface area (Å²) in [7, 11) is 0. The zero-order chi connectivity index (χ0) is 20.3. The number of aromatic nitrogens is 4. The van der Waals surface area contributed by atoms with E-state index in [-0.39, 0.29) is 16.9 Å². The Morgan fingerprint density at radius 2 is 2.07 bits per heavy atom. The van der Waals surface area contributed by atoms with Crippen LogP contribution in [0.25, 0.3) is 10.9 Å². The van der Waals surface area contributed by atoms with E-state index < -0.39 is 0 Å². The van der Waals surface area contributed by atoms with Crippen LogP contribution in [0.5, 0.6) is 0 Å². The minimum absolute atomic E-state index is 0.232. The molecule has 1 unspecified atom stereocenters. The maximum atomic E-state index is 9.82. The molecule has 7 nitrogen and oxygen atoms in total. The molecule has 0 amide bonds. The highest BCUT2D eigenvalue weighted by Gasteiger charge is 2.75.